The van der Waals surface area contributed by atoms with Crippen LogP contribution in [0.2, 0.25) is 0 Å². The van der Waals surface area contributed by atoms with Crippen LogP contribution in [-0.2, 0) is 32.2 Å². The van der Waals surface area contributed by atoms with Gasteiger partial charge in [-0.1, -0.05) is 60.7 Å². The van der Waals surface area contributed by atoms with E-state index in [4.69, 9.17) is 18.9 Å². The minimum Gasteiger partial charge on any atom is -0.385 e. The lowest BCUT2D eigenvalue weighted by Crippen LogP contribution is -2.37. The van der Waals surface area contributed by atoms with E-state index in [9.17, 15) is 5.11 Å². The van der Waals surface area contributed by atoms with Crippen LogP contribution >= 0.6 is 0 Å². The molecular formula is C20H24O5. The molecule has 0 amide bonds. The average Bonchev–Trinajstić information content (AvgIpc) is 2.97. The van der Waals surface area contributed by atoms with Gasteiger partial charge in [0.15, 0.2) is 6.29 Å². The predicted octanol–water partition coefficient (Wildman–Crippen LogP) is 2.52. The van der Waals surface area contributed by atoms with E-state index in [2.05, 4.69) is 0 Å². The highest BCUT2D eigenvalue weighted by atomic mass is 16.7. The number of ether oxygens (including phenoxy) is 4. The van der Waals surface area contributed by atoms with Gasteiger partial charge >= 0.3 is 0 Å². The smallest absolute Gasteiger partial charge is 0.186 e. The zero-order valence-electron chi connectivity index (χ0n) is 14.3. The summed E-state index contributed by atoms with van der Waals surface area (Å²) in [6, 6.07) is 19.8. The number of hydrogen-bond acceptors (Lipinski definition) is 5. The quantitative estimate of drug-likeness (QED) is 0.797. The fraction of sp³-hybridized carbons (Fsp3) is 0.400. The second-order valence-electron chi connectivity index (χ2n) is 6.03. The lowest BCUT2D eigenvalue weighted by molar-refractivity contribution is -0.156. The number of benzene rings is 2. The molecule has 3 rings (SSSR count). The molecule has 0 aliphatic carbocycles. The van der Waals surface area contributed by atoms with Crippen LogP contribution in [0.15, 0.2) is 60.7 Å². The Kier molecular flexibility index (Phi) is 6.55. The van der Waals surface area contributed by atoms with E-state index >= 15 is 0 Å². The van der Waals surface area contributed by atoms with E-state index < -0.39 is 18.5 Å². The number of rotatable bonds is 8. The third-order valence-corrected chi connectivity index (χ3v) is 4.20. The summed E-state index contributed by atoms with van der Waals surface area (Å²) in [7, 11) is 1.51. The van der Waals surface area contributed by atoms with Crippen LogP contribution < -0.4 is 0 Å². The van der Waals surface area contributed by atoms with Gasteiger partial charge in [-0.15, -0.1) is 0 Å². The maximum absolute atomic E-state index is 10.4. The van der Waals surface area contributed by atoms with Gasteiger partial charge in [-0.3, -0.25) is 0 Å². The molecular weight excluding hydrogens is 320 g/mol. The first-order valence-electron chi connectivity index (χ1n) is 8.41. The molecule has 2 aromatic rings. The molecule has 0 spiro atoms. The first-order valence-corrected chi connectivity index (χ1v) is 8.41. The van der Waals surface area contributed by atoms with Crippen LogP contribution in [0.4, 0.5) is 0 Å². The van der Waals surface area contributed by atoms with E-state index in [0.29, 0.717) is 19.8 Å². The molecule has 2 aromatic carbocycles. The Bertz CT molecular complexity index is 618. The summed E-state index contributed by atoms with van der Waals surface area (Å²) in [4.78, 5) is 0. The Morgan fingerprint density at radius 3 is 2.12 bits per heavy atom. The van der Waals surface area contributed by atoms with Gasteiger partial charge < -0.3 is 24.1 Å². The van der Waals surface area contributed by atoms with Gasteiger partial charge in [-0.25, -0.2) is 0 Å². The van der Waals surface area contributed by atoms with Crippen molar-refractivity contribution >= 4 is 0 Å². The van der Waals surface area contributed by atoms with Crippen molar-refractivity contribution in [1.82, 2.24) is 0 Å². The molecule has 0 saturated carbocycles. The maximum atomic E-state index is 10.4. The molecule has 1 aliphatic heterocycles. The summed E-state index contributed by atoms with van der Waals surface area (Å²) >= 11 is 0. The van der Waals surface area contributed by atoms with E-state index in [1.807, 2.05) is 60.7 Å². The van der Waals surface area contributed by atoms with Crippen molar-refractivity contribution in [3.63, 3.8) is 0 Å². The van der Waals surface area contributed by atoms with Crippen molar-refractivity contribution in [2.75, 3.05) is 13.7 Å². The molecule has 1 saturated heterocycles. The molecule has 134 valence electrons. The Labute approximate surface area is 148 Å². The Balaban J connectivity index is 1.55. The van der Waals surface area contributed by atoms with Gasteiger partial charge in [-0.2, -0.15) is 0 Å². The molecule has 0 radical (unpaired) electrons. The minimum absolute atomic E-state index is 0.325. The lowest BCUT2D eigenvalue weighted by Gasteiger charge is -2.20. The minimum atomic E-state index is -0.848. The normalized spacial score (nSPS) is 26.0. The molecule has 4 atom stereocenters. The summed E-state index contributed by atoms with van der Waals surface area (Å²) in [5, 5.41) is 10.4. The molecule has 25 heavy (non-hydrogen) atoms. The number of hydrogen-bond donors (Lipinski definition) is 1. The highest BCUT2D eigenvalue weighted by molar-refractivity contribution is 5.14. The van der Waals surface area contributed by atoms with Crippen LogP contribution in [0.1, 0.15) is 11.1 Å². The van der Waals surface area contributed by atoms with Crippen molar-refractivity contribution in [3.8, 4) is 0 Å². The van der Waals surface area contributed by atoms with Crippen molar-refractivity contribution in [2.45, 2.75) is 37.8 Å². The van der Waals surface area contributed by atoms with Crippen LogP contribution in [0.5, 0.6) is 0 Å². The van der Waals surface area contributed by atoms with E-state index in [-0.39, 0.29) is 6.10 Å². The summed E-state index contributed by atoms with van der Waals surface area (Å²) in [6.07, 6.45) is -2.43. The highest BCUT2D eigenvalue weighted by Crippen LogP contribution is 2.26. The number of aliphatic hydroxyl groups is 1. The monoisotopic (exact) mass is 344 g/mol. The number of methoxy groups -OCH3 is 1. The second kappa shape index (κ2) is 9.08. The third-order valence-electron chi connectivity index (χ3n) is 4.20. The van der Waals surface area contributed by atoms with Gasteiger partial charge in [0.05, 0.1) is 19.8 Å². The van der Waals surface area contributed by atoms with Gasteiger partial charge in [0.1, 0.15) is 18.3 Å². The summed E-state index contributed by atoms with van der Waals surface area (Å²) in [6.45, 7) is 1.21. The van der Waals surface area contributed by atoms with E-state index in [1.165, 1.54) is 7.11 Å². The fourth-order valence-corrected chi connectivity index (χ4v) is 2.87. The van der Waals surface area contributed by atoms with Crippen molar-refractivity contribution in [2.24, 2.45) is 0 Å². The van der Waals surface area contributed by atoms with Crippen LogP contribution in [0, 0.1) is 0 Å². The van der Waals surface area contributed by atoms with E-state index in [1.54, 1.807) is 0 Å². The molecule has 1 unspecified atom stereocenters. The van der Waals surface area contributed by atoms with Gasteiger partial charge in [-0.05, 0) is 11.1 Å². The molecule has 5 nitrogen and oxygen atoms in total. The van der Waals surface area contributed by atoms with Crippen molar-refractivity contribution in [1.29, 1.82) is 0 Å². The fourth-order valence-electron chi connectivity index (χ4n) is 2.87. The standard InChI is InChI=1S/C20H24O5/c1-22-20-18(21)19(24-13-16-10-6-3-7-11-16)17(25-20)14-23-12-15-8-4-2-5-9-15/h2-11,17-21H,12-14H2,1H3/t17-,18-,19-,20?/m1/s1. The SMILES string of the molecule is COC1O[C@H](COCc2ccccc2)[C@@H](OCc2ccccc2)[C@H]1O. The molecule has 0 bridgehead atoms. The van der Waals surface area contributed by atoms with Crippen molar-refractivity contribution < 1.29 is 24.1 Å². The Morgan fingerprint density at radius 2 is 1.52 bits per heavy atom. The van der Waals surface area contributed by atoms with Gasteiger partial charge in [0.25, 0.3) is 0 Å². The zero-order valence-corrected chi connectivity index (χ0v) is 14.3. The number of aliphatic hydroxyl groups excluding tert-OH is 1. The van der Waals surface area contributed by atoms with Crippen molar-refractivity contribution in [3.05, 3.63) is 71.8 Å². The summed E-state index contributed by atoms with van der Waals surface area (Å²) in [5.41, 5.74) is 2.13. The predicted molar refractivity (Wildman–Crippen MR) is 92.8 cm³/mol. The molecule has 1 aliphatic rings. The Morgan fingerprint density at radius 1 is 0.920 bits per heavy atom. The average molecular weight is 344 g/mol. The summed E-state index contributed by atoms with van der Waals surface area (Å²) < 4.78 is 22.6. The highest BCUT2D eigenvalue weighted by Gasteiger charge is 2.44. The largest absolute Gasteiger partial charge is 0.385 e. The molecule has 1 fully saturated rings. The molecule has 0 aromatic heterocycles. The van der Waals surface area contributed by atoms with E-state index in [0.717, 1.165) is 11.1 Å². The molecule has 1 N–H and O–H groups in total. The van der Waals surface area contributed by atoms with Gasteiger partial charge in [0, 0.05) is 7.11 Å². The topological polar surface area (TPSA) is 57.2 Å². The first kappa shape index (κ1) is 18.0. The maximum Gasteiger partial charge on any atom is 0.186 e. The van der Waals surface area contributed by atoms with Gasteiger partial charge in [0.2, 0.25) is 0 Å². The summed E-state index contributed by atoms with van der Waals surface area (Å²) in [5.74, 6) is 0. The molecule has 1 heterocycles. The van der Waals surface area contributed by atoms with Crippen LogP contribution in [-0.4, -0.2) is 43.4 Å². The van der Waals surface area contributed by atoms with Crippen LogP contribution in [0.3, 0.4) is 0 Å². The lowest BCUT2D eigenvalue weighted by atomic mass is 10.1. The zero-order chi connectivity index (χ0) is 17.5. The van der Waals surface area contributed by atoms with Crippen LogP contribution in [0.25, 0.3) is 0 Å². The third kappa shape index (κ3) is 4.87. The first-order chi connectivity index (χ1) is 12.3. The Hall–Kier alpha value is -1.76. The molecule has 5 heteroatoms. The second-order valence-corrected chi connectivity index (χ2v) is 6.03.